The molecule has 0 aliphatic rings. The molecule has 2 aromatic rings. The van der Waals surface area contributed by atoms with Crippen LogP contribution in [-0.4, -0.2) is 5.11 Å². The summed E-state index contributed by atoms with van der Waals surface area (Å²) in [6.45, 7) is 0. The van der Waals surface area contributed by atoms with Gasteiger partial charge in [0, 0.05) is 0 Å². The van der Waals surface area contributed by atoms with E-state index in [0.717, 1.165) is 11.1 Å². The van der Waals surface area contributed by atoms with Gasteiger partial charge in [-0.05, 0) is 17.5 Å². The molecule has 0 fully saturated rings. The van der Waals surface area contributed by atoms with Crippen molar-refractivity contribution in [3.63, 3.8) is 0 Å². The molecule has 1 nitrogen and oxygen atoms in total. The van der Waals surface area contributed by atoms with Crippen molar-refractivity contribution in [2.24, 2.45) is 0 Å². The van der Waals surface area contributed by atoms with Gasteiger partial charge in [0.2, 0.25) is 0 Å². The maximum atomic E-state index is 9.95. The van der Waals surface area contributed by atoms with Gasteiger partial charge in [0.1, 0.15) is 0 Å². The van der Waals surface area contributed by atoms with Gasteiger partial charge in [-0.15, -0.1) is 0 Å². The zero-order chi connectivity index (χ0) is 11.9. The second-order valence-electron chi connectivity index (χ2n) is 3.98. The van der Waals surface area contributed by atoms with Gasteiger partial charge in [-0.2, -0.15) is 0 Å². The first-order valence-electron chi connectivity index (χ1n) is 5.81. The number of hydrogen-bond acceptors (Lipinski definition) is 1. The van der Waals surface area contributed by atoms with Crippen molar-refractivity contribution in [3.05, 3.63) is 77.9 Å². The molecule has 1 unspecified atom stereocenters. The molecule has 0 spiro atoms. The summed E-state index contributed by atoms with van der Waals surface area (Å²) in [5.41, 5.74) is 2.12. The van der Waals surface area contributed by atoms with Crippen molar-refractivity contribution in [1.29, 1.82) is 0 Å². The van der Waals surface area contributed by atoms with E-state index in [1.165, 1.54) is 0 Å². The minimum atomic E-state index is -0.420. The van der Waals surface area contributed by atoms with Crippen molar-refractivity contribution in [2.75, 3.05) is 0 Å². The zero-order valence-corrected chi connectivity index (χ0v) is 9.66. The van der Waals surface area contributed by atoms with Gasteiger partial charge < -0.3 is 5.11 Å². The van der Waals surface area contributed by atoms with Crippen LogP contribution < -0.4 is 0 Å². The Bertz CT molecular complexity index is 459. The van der Waals surface area contributed by atoms with Crippen LogP contribution >= 0.6 is 0 Å². The van der Waals surface area contributed by atoms with Gasteiger partial charge in [0.25, 0.3) is 0 Å². The van der Waals surface area contributed by atoms with Crippen LogP contribution in [0.4, 0.5) is 0 Å². The number of benzene rings is 2. The molecular formula is C16H16O. The van der Waals surface area contributed by atoms with E-state index < -0.39 is 6.10 Å². The predicted molar refractivity (Wildman–Crippen MR) is 71.5 cm³/mol. The fraction of sp³-hybridized carbons (Fsp3) is 0.125. The highest BCUT2D eigenvalue weighted by Gasteiger charge is 2.03. The summed E-state index contributed by atoms with van der Waals surface area (Å²) in [5, 5.41) is 9.95. The predicted octanol–water partition coefficient (Wildman–Crippen LogP) is 3.82. The van der Waals surface area contributed by atoms with Crippen molar-refractivity contribution in [1.82, 2.24) is 0 Å². The Hall–Kier alpha value is -1.86. The highest BCUT2D eigenvalue weighted by Crippen LogP contribution is 2.16. The minimum Gasteiger partial charge on any atom is -0.388 e. The molecule has 1 heteroatoms. The van der Waals surface area contributed by atoms with E-state index in [9.17, 15) is 5.11 Å². The van der Waals surface area contributed by atoms with Crippen molar-refractivity contribution in [2.45, 2.75) is 12.5 Å². The normalized spacial score (nSPS) is 12.8. The lowest BCUT2D eigenvalue weighted by Gasteiger charge is -2.07. The number of rotatable bonds is 4. The maximum absolute atomic E-state index is 9.95. The van der Waals surface area contributed by atoms with Crippen LogP contribution in [0.3, 0.4) is 0 Å². The van der Waals surface area contributed by atoms with Crippen LogP contribution in [0, 0.1) is 0 Å². The van der Waals surface area contributed by atoms with Crippen LogP contribution in [0.1, 0.15) is 23.7 Å². The molecule has 0 saturated heterocycles. The molecule has 0 saturated carbocycles. The fourth-order valence-corrected chi connectivity index (χ4v) is 1.71. The minimum absolute atomic E-state index is 0.420. The van der Waals surface area contributed by atoms with E-state index >= 15 is 0 Å². The molecule has 2 aromatic carbocycles. The largest absolute Gasteiger partial charge is 0.388 e. The second kappa shape index (κ2) is 6.02. The molecule has 0 aliphatic carbocycles. The molecule has 0 bridgehead atoms. The smallest absolute Gasteiger partial charge is 0.0824 e. The van der Waals surface area contributed by atoms with Crippen molar-refractivity contribution < 1.29 is 5.11 Å². The first-order valence-corrected chi connectivity index (χ1v) is 5.81. The van der Waals surface area contributed by atoms with Gasteiger partial charge in [-0.25, -0.2) is 0 Å². The lowest BCUT2D eigenvalue weighted by molar-refractivity contribution is 0.182. The summed E-state index contributed by atoms with van der Waals surface area (Å²) in [6.07, 6.45) is 4.26. The molecule has 2 rings (SSSR count). The molecule has 0 aromatic heterocycles. The molecule has 0 amide bonds. The summed E-state index contributed by atoms with van der Waals surface area (Å²) in [7, 11) is 0. The molecule has 0 aliphatic heterocycles. The van der Waals surface area contributed by atoms with E-state index in [1.807, 2.05) is 72.8 Å². The zero-order valence-electron chi connectivity index (χ0n) is 9.66. The van der Waals surface area contributed by atoms with Crippen molar-refractivity contribution in [3.8, 4) is 0 Å². The van der Waals surface area contributed by atoms with Crippen LogP contribution in [0.25, 0.3) is 6.08 Å². The van der Waals surface area contributed by atoms with Gasteiger partial charge in [-0.3, -0.25) is 0 Å². The lowest BCUT2D eigenvalue weighted by atomic mass is 10.1. The number of hydrogen-bond donors (Lipinski definition) is 1. The molecular weight excluding hydrogens is 208 g/mol. The average Bonchev–Trinajstić information content (AvgIpc) is 2.41. The van der Waals surface area contributed by atoms with Crippen LogP contribution in [-0.2, 0) is 0 Å². The van der Waals surface area contributed by atoms with E-state index in [2.05, 4.69) is 0 Å². The molecule has 0 heterocycles. The Morgan fingerprint density at radius 3 is 2.12 bits per heavy atom. The highest BCUT2D eigenvalue weighted by atomic mass is 16.3. The molecule has 86 valence electrons. The van der Waals surface area contributed by atoms with Gasteiger partial charge in [-0.1, -0.05) is 72.8 Å². The third-order valence-electron chi connectivity index (χ3n) is 2.65. The molecule has 1 atom stereocenters. The first-order chi connectivity index (χ1) is 8.36. The second-order valence-corrected chi connectivity index (χ2v) is 3.98. The number of aliphatic hydroxyl groups is 1. The third kappa shape index (κ3) is 3.58. The Kier molecular flexibility index (Phi) is 4.11. The monoisotopic (exact) mass is 224 g/mol. The highest BCUT2D eigenvalue weighted by molar-refractivity contribution is 5.48. The average molecular weight is 224 g/mol. The molecule has 17 heavy (non-hydrogen) atoms. The Balaban J connectivity index is 1.93. The SMILES string of the molecule is OC(C/C=C\c1ccccc1)c1ccccc1. The van der Waals surface area contributed by atoms with E-state index in [4.69, 9.17) is 0 Å². The Labute approximate surface area is 102 Å². The van der Waals surface area contributed by atoms with E-state index in [1.54, 1.807) is 0 Å². The van der Waals surface area contributed by atoms with Gasteiger partial charge in [0.15, 0.2) is 0 Å². The van der Waals surface area contributed by atoms with Crippen LogP contribution in [0.5, 0.6) is 0 Å². The van der Waals surface area contributed by atoms with E-state index in [-0.39, 0.29) is 0 Å². The number of aliphatic hydroxyl groups excluding tert-OH is 1. The quantitative estimate of drug-likeness (QED) is 0.837. The lowest BCUT2D eigenvalue weighted by Crippen LogP contribution is -1.94. The summed E-state index contributed by atoms with van der Waals surface area (Å²) < 4.78 is 0. The van der Waals surface area contributed by atoms with Gasteiger partial charge in [0.05, 0.1) is 6.10 Å². The fourth-order valence-electron chi connectivity index (χ4n) is 1.71. The Morgan fingerprint density at radius 2 is 1.47 bits per heavy atom. The summed E-state index contributed by atoms with van der Waals surface area (Å²) in [4.78, 5) is 0. The van der Waals surface area contributed by atoms with E-state index in [0.29, 0.717) is 6.42 Å². The summed E-state index contributed by atoms with van der Waals surface area (Å²) in [6, 6.07) is 19.8. The molecule has 0 radical (unpaired) electrons. The Morgan fingerprint density at radius 1 is 0.882 bits per heavy atom. The van der Waals surface area contributed by atoms with Crippen LogP contribution in [0.2, 0.25) is 0 Å². The summed E-state index contributed by atoms with van der Waals surface area (Å²) >= 11 is 0. The topological polar surface area (TPSA) is 20.2 Å². The van der Waals surface area contributed by atoms with Crippen LogP contribution in [0.15, 0.2) is 66.7 Å². The third-order valence-corrected chi connectivity index (χ3v) is 2.65. The molecule has 1 N–H and O–H groups in total. The first kappa shape index (κ1) is 11.6. The van der Waals surface area contributed by atoms with Crippen molar-refractivity contribution >= 4 is 6.08 Å². The maximum Gasteiger partial charge on any atom is 0.0824 e. The standard InChI is InChI=1S/C16H16O/c17-16(15-11-5-2-6-12-15)13-7-10-14-8-3-1-4-9-14/h1-12,16-17H,13H2/b10-7-. The summed E-state index contributed by atoms with van der Waals surface area (Å²) in [5.74, 6) is 0. The van der Waals surface area contributed by atoms with Gasteiger partial charge >= 0.3 is 0 Å².